The number of rotatable bonds is 3. The summed E-state index contributed by atoms with van der Waals surface area (Å²) < 4.78 is 1.62. The SMILES string of the molecule is Cc1cc(O)ccc1NC(=O)c1cnn(-c2ccccn2)c1C. The Labute approximate surface area is 133 Å². The molecule has 3 rings (SSSR count). The molecule has 2 heterocycles. The van der Waals surface area contributed by atoms with Crippen molar-refractivity contribution in [2.75, 3.05) is 5.32 Å². The molecule has 3 aromatic rings. The molecular formula is C17H16N4O2. The van der Waals surface area contributed by atoms with Gasteiger partial charge in [-0.3, -0.25) is 4.79 Å². The van der Waals surface area contributed by atoms with Crippen LogP contribution in [0.15, 0.2) is 48.8 Å². The van der Waals surface area contributed by atoms with Gasteiger partial charge >= 0.3 is 0 Å². The lowest BCUT2D eigenvalue weighted by molar-refractivity contribution is 0.102. The van der Waals surface area contributed by atoms with Gasteiger partial charge in [0.2, 0.25) is 0 Å². The van der Waals surface area contributed by atoms with Crippen molar-refractivity contribution >= 4 is 11.6 Å². The van der Waals surface area contributed by atoms with E-state index in [4.69, 9.17) is 0 Å². The summed E-state index contributed by atoms with van der Waals surface area (Å²) >= 11 is 0. The maximum Gasteiger partial charge on any atom is 0.259 e. The molecule has 0 fully saturated rings. The number of amides is 1. The standard InChI is InChI=1S/C17H16N4O2/c1-11-9-13(22)6-7-15(11)20-17(23)14-10-19-21(12(14)2)16-5-3-4-8-18-16/h3-10,22H,1-2H3,(H,20,23). The first-order chi connectivity index (χ1) is 11.1. The molecule has 1 amide bonds. The predicted molar refractivity (Wildman–Crippen MR) is 86.9 cm³/mol. The number of aromatic hydroxyl groups is 1. The predicted octanol–water partition coefficient (Wildman–Crippen LogP) is 2.84. The van der Waals surface area contributed by atoms with Crippen molar-refractivity contribution in [2.24, 2.45) is 0 Å². The second kappa shape index (κ2) is 5.92. The highest BCUT2D eigenvalue weighted by atomic mass is 16.3. The summed E-state index contributed by atoms with van der Waals surface area (Å²) in [4.78, 5) is 16.7. The number of nitrogens with zero attached hydrogens (tertiary/aromatic N) is 3. The number of aromatic nitrogens is 3. The van der Waals surface area contributed by atoms with Crippen molar-refractivity contribution < 1.29 is 9.90 Å². The number of carbonyl (C=O) groups excluding carboxylic acids is 1. The number of aryl methyl sites for hydroxylation is 1. The maximum absolute atomic E-state index is 12.5. The third-order valence-electron chi connectivity index (χ3n) is 3.58. The van der Waals surface area contributed by atoms with E-state index in [1.807, 2.05) is 32.0 Å². The van der Waals surface area contributed by atoms with Crippen LogP contribution in [-0.4, -0.2) is 25.8 Å². The summed E-state index contributed by atoms with van der Waals surface area (Å²) in [5.74, 6) is 0.572. The minimum absolute atomic E-state index is 0.166. The Morgan fingerprint density at radius 3 is 2.74 bits per heavy atom. The summed E-state index contributed by atoms with van der Waals surface area (Å²) in [7, 11) is 0. The highest BCUT2D eigenvalue weighted by Gasteiger charge is 2.16. The summed E-state index contributed by atoms with van der Waals surface area (Å²) in [6, 6.07) is 10.3. The van der Waals surface area contributed by atoms with Gasteiger partial charge in [0.15, 0.2) is 5.82 Å². The Morgan fingerprint density at radius 2 is 2.04 bits per heavy atom. The van der Waals surface area contributed by atoms with Crippen LogP contribution in [0, 0.1) is 13.8 Å². The molecule has 0 saturated heterocycles. The summed E-state index contributed by atoms with van der Waals surface area (Å²) in [5, 5.41) is 16.5. The van der Waals surface area contributed by atoms with Gasteiger partial charge in [0.1, 0.15) is 5.75 Å². The topological polar surface area (TPSA) is 80.0 Å². The fourth-order valence-corrected chi connectivity index (χ4v) is 2.32. The molecule has 0 radical (unpaired) electrons. The molecule has 2 aromatic heterocycles. The van der Waals surface area contributed by atoms with E-state index in [1.54, 1.807) is 23.0 Å². The monoisotopic (exact) mass is 308 g/mol. The third-order valence-corrected chi connectivity index (χ3v) is 3.58. The van der Waals surface area contributed by atoms with Gasteiger partial charge in [-0.15, -0.1) is 0 Å². The highest BCUT2D eigenvalue weighted by Crippen LogP contribution is 2.21. The van der Waals surface area contributed by atoms with Gasteiger partial charge in [0.25, 0.3) is 5.91 Å². The fourth-order valence-electron chi connectivity index (χ4n) is 2.32. The van der Waals surface area contributed by atoms with Crippen LogP contribution in [0.3, 0.4) is 0 Å². The molecule has 0 saturated carbocycles. The van der Waals surface area contributed by atoms with E-state index < -0.39 is 0 Å². The van der Waals surface area contributed by atoms with E-state index in [0.29, 0.717) is 22.8 Å². The molecule has 0 aliphatic rings. The Morgan fingerprint density at radius 1 is 1.22 bits per heavy atom. The van der Waals surface area contributed by atoms with Crippen LogP contribution in [0.5, 0.6) is 5.75 Å². The van der Waals surface area contributed by atoms with Gasteiger partial charge in [-0.2, -0.15) is 5.10 Å². The smallest absolute Gasteiger partial charge is 0.259 e. The Kier molecular flexibility index (Phi) is 3.80. The summed E-state index contributed by atoms with van der Waals surface area (Å²) in [6.07, 6.45) is 3.20. The zero-order chi connectivity index (χ0) is 16.4. The first kappa shape index (κ1) is 14.8. The van der Waals surface area contributed by atoms with Gasteiger partial charge in [-0.1, -0.05) is 6.07 Å². The number of benzene rings is 1. The molecule has 0 aliphatic carbocycles. The number of pyridine rings is 1. The average Bonchev–Trinajstić information content (AvgIpc) is 2.92. The van der Waals surface area contributed by atoms with Crippen LogP contribution >= 0.6 is 0 Å². The number of nitrogens with one attached hydrogen (secondary N) is 1. The normalized spacial score (nSPS) is 10.5. The highest BCUT2D eigenvalue weighted by molar-refractivity contribution is 6.05. The molecule has 6 heteroatoms. The van der Waals surface area contributed by atoms with Crippen molar-refractivity contribution in [3.8, 4) is 11.6 Å². The van der Waals surface area contributed by atoms with Crippen LogP contribution in [0.25, 0.3) is 5.82 Å². The van der Waals surface area contributed by atoms with Crippen LogP contribution in [0.1, 0.15) is 21.6 Å². The van der Waals surface area contributed by atoms with Crippen LogP contribution < -0.4 is 5.32 Å². The van der Waals surface area contributed by atoms with Gasteiger partial charge in [-0.05, 0) is 49.7 Å². The van der Waals surface area contributed by atoms with Crippen molar-refractivity contribution in [3.05, 3.63) is 65.6 Å². The second-order valence-corrected chi connectivity index (χ2v) is 5.20. The fraction of sp³-hybridized carbons (Fsp3) is 0.118. The Bertz CT molecular complexity index is 856. The van der Waals surface area contributed by atoms with E-state index >= 15 is 0 Å². The van der Waals surface area contributed by atoms with Gasteiger partial charge < -0.3 is 10.4 Å². The Balaban J connectivity index is 1.88. The third kappa shape index (κ3) is 2.91. The van der Waals surface area contributed by atoms with Crippen LogP contribution in [-0.2, 0) is 0 Å². The quantitative estimate of drug-likeness (QED) is 0.729. The number of hydrogen-bond acceptors (Lipinski definition) is 4. The molecule has 0 bridgehead atoms. The average molecular weight is 308 g/mol. The Hall–Kier alpha value is -3.15. The molecule has 23 heavy (non-hydrogen) atoms. The number of phenolic OH excluding ortho intramolecular Hbond substituents is 1. The van der Waals surface area contributed by atoms with Crippen molar-refractivity contribution in [1.29, 1.82) is 0 Å². The molecule has 0 atom stereocenters. The van der Waals surface area contributed by atoms with Gasteiger partial charge in [0, 0.05) is 11.9 Å². The molecule has 2 N–H and O–H groups in total. The number of carbonyl (C=O) groups is 1. The second-order valence-electron chi connectivity index (χ2n) is 5.20. The molecule has 0 spiro atoms. The minimum atomic E-state index is -0.251. The largest absolute Gasteiger partial charge is 0.508 e. The number of hydrogen-bond donors (Lipinski definition) is 2. The van der Waals surface area contributed by atoms with E-state index in [0.717, 1.165) is 5.56 Å². The minimum Gasteiger partial charge on any atom is -0.508 e. The first-order valence-electron chi connectivity index (χ1n) is 7.13. The lowest BCUT2D eigenvalue weighted by Crippen LogP contribution is -2.14. The molecule has 0 aliphatic heterocycles. The zero-order valence-corrected chi connectivity index (χ0v) is 12.8. The molecular weight excluding hydrogens is 292 g/mol. The lowest BCUT2D eigenvalue weighted by atomic mass is 10.1. The zero-order valence-electron chi connectivity index (χ0n) is 12.8. The van der Waals surface area contributed by atoms with Crippen molar-refractivity contribution in [1.82, 2.24) is 14.8 Å². The first-order valence-corrected chi connectivity index (χ1v) is 7.13. The van der Waals surface area contributed by atoms with Crippen molar-refractivity contribution in [3.63, 3.8) is 0 Å². The number of anilines is 1. The maximum atomic E-state index is 12.5. The summed E-state index contributed by atoms with van der Waals surface area (Å²) in [5.41, 5.74) is 2.62. The van der Waals surface area contributed by atoms with Crippen molar-refractivity contribution in [2.45, 2.75) is 13.8 Å². The molecule has 1 aromatic carbocycles. The molecule has 116 valence electrons. The van der Waals surface area contributed by atoms with E-state index in [1.165, 1.54) is 12.3 Å². The van der Waals surface area contributed by atoms with Gasteiger partial charge in [0.05, 0.1) is 17.5 Å². The van der Waals surface area contributed by atoms with E-state index in [-0.39, 0.29) is 11.7 Å². The van der Waals surface area contributed by atoms with E-state index in [2.05, 4.69) is 15.4 Å². The van der Waals surface area contributed by atoms with Crippen LogP contribution in [0.4, 0.5) is 5.69 Å². The summed E-state index contributed by atoms with van der Waals surface area (Å²) in [6.45, 7) is 3.64. The lowest BCUT2D eigenvalue weighted by Gasteiger charge is -2.09. The molecule has 6 nitrogen and oxygen atoms in total. The number of phenols is 1. The van der Waals surface area contributed by atoms with E-state index in [9.17, 15) is 9.90 Å². The molecule has 0 unspecified atom stereocenters. The van der Waals surface area contributed by atoms with Crippen LogP contribution in [0.2, 0.25) is 0 Å². The van der Waals surface area contributed by atoms with Gasteiger partial charge in [-0.25, -0.2) is 9.67 Å².